The number of thioether (sulfide) groups is 1. The zero-order chi connectivity index (χ0) is 19.1. The maximum Gasteiger partial charge on any atom is 0.250 e. The first-order valence-electron chi connectivity index (χ1n) is 8.28. The van der Waals surface area contributed by atoms with E-state index in [-0.39, 0.29) is 5.91 Å². The third-order valence-corrected chi connectivity index (χ3v) is 5.68. The van der Waals surface area contributed by atoms with Gasteiger partial charge in [-0.1, -0.05) is 65.1 Å². The average molecular weight is 398 g/mol. The van der Waals surface area contributed by atoms with Gasteiger partial charge < -0.3 is 4.74 Å². The summed E-state index contributed by atoms with van der Waals surface area (Å²) in [6.07, 6.45) is 3.20. The van der Waals surface area contributed by atoms with Crippen LogP contribution in [0.15, 0.2) is 58.9 Å². The smallest absolute Gasteiger partial charge is 0.250 e. The number of aromatic nitrogens is 2. The molecule has 5 nitrogen and oxygen atoms in total. The summed E-state index contributed by atoms with van der Waals surface area (Å²) in [6.45, 7) is 1.99. The molecule has 0 saturated heterocycles. The van der Waals surface area contributed by atoms with Crippen LogP contribution in [-0.4, -0.2) is 23.2 Å². The van der Waals surface area contributed by atoms with Gasteiger partial charge in [0.25, 0.3) is 0 Å². The van der Waals surface area contributed by atoms with Crippen LogP contribution in [0.3, 0.4) is 0 Å². The summed E-state index contributed by atoms with van der Waals surface area (Å²) in [5, 5.41) is 11.4. The monoisotopic (exact) mass is 397 g/mol. The molecule has 0 atom stereocenters. The minimum Gasteiger partial charge on any atom is -0.496 e. The van der Waals surface area contributed by atoms with Crippen LogP contribution in [0.5, 0.6) is 5.75 Å². The van der Waals surface area contributed by atoms with Crippen molar-refractivity contribution >= 4 is 40.2 Å². The molecule has 0 saturated carbocycles. The van der Waals surface area contributed by atoms with Crippen molar-refractivity contribution in [2.45, 2.75) is 17.0 Å². The Labute approximate surface area is 166 Å². The summed E-state index contributed by atoms with van der Waals surface area (Å²) < 4.78 is 6.13. The highest BCUT2D eigenvalue weighted by Crippen LogP contribution is 2.28. The largest absolute Gasteiger partial charge is 0.496 e. The summed E-state index contributed by atoms with van der Waals surface area (Å²) in [6, 6.07) is 16.0. The van der Waals surface area contributed by atoms with E-state index in [0.717, 1.165) is 27.0 Å². The van der Waals surface area contributed by atoms with Gasteiger partial charge in [-0.3, -0.25) is 10.1 Å². The Bertz CT molecular complexity index is 939. The minimum absolute atomic E-state index is 0.255. The van der Waals surface area contributed by atoms with Crippen LogP contribution in [0.1, 0.15) is 16.7 Å². The normalized spacial score (nSPS) is 10.9. The second-order valence-electron chi connectivity index (χ2n) is 5.72. The summed E-state index contributed by atoms with van der Waals surface area (Å²) >= 11 is 2.96. The van der Waals surface area contributed by atoms with Crippen LogP contribution in [0.4, 0.5) is 5.13 Å². The molecule has 1 heterocycles. The molecule has 0 radical (unpaired) electrons. The topological polar surface area (TPSA) is 64.1 Å². The highest BCUT2D eigenvalue weighted by Gasteiger charge is 2.08. The number of aryl methyl sites for hydroxylation is 1. The number of carbonyl (C=O) groups is 1. The summed E-state index contributed by atoms with van der Waals surface area (Å²) in [4.78, 5) is 12.2. The predicted octanol–water partition coefficient (Wildman–Crippen LogP) is 4.80. The van der Waals surface area contributed by atoms with E-state index in [4.69, 9.17) is 4.74 Å². The number of hydrogen-bond acceptors (Lipinski definition) is 6. The Kier molecular flexibility index (Phi) is 6.62. The van der Waals surface area contributed by atoms with Gasteiger partial charge in [0.05, 0.1) is 7.11 Å². The number of nitrogens with zero attached hydrogens (tertiary/aromatic N) is 2. The molecule has 0 aliphatic heterocycles. The molecule has 0 fully saturated rings. The Morgan fingerprint density at radius 2 is 2.04 bits per heavy atom. The number of hydrogen-bond donors (Lipinski definition) is 1. The van der Waals surface area contributed by atoms with E-state index in [9.17, 15) is 4.79 Å². The Balaban J connectivity index is 1.57. The fourth-order valence-corrected chi connectivity index (χ4v) is 4.05. The number of rotatable bonds is 7. The van der Waals surface area contributed by atoms with E-state index < -0.39 is 0 Å². The summed E-state index contributed by atoms with van der Waals surface area (Å²) in [7, 11) is 1.61. The number of methoxy groups -OCH3 is 1. The second-order valence-corrected chi connectivity index (χ2v) is 7.92. The highest BCUT2D eigenvalue weighted by molar-refractivity contribution is 8.00. The summed E-state index contributed by atoms with van der Waals surface area (Å²) in [5.41, 5.74) is 3.17. The van der Waals surface area contributed by atoms with Crippen molar-refractivity contribution in [1.29, 1.82) is 0 Å². The molecule has 1 aromatic heterocycles. The molecule has 3 rings (SSSR count). The minimum atomic E-state index is -0.255. The quantitative estimate of drug-likeness (QED) is 0.352. The van der Waals surface area contributed by atoms with Crippen LogP contribution in [-0.2, 0) is 10.5 Å². The lowest BCUT2D eigenvalue weighted by molar-refractivity contribution is -0.111. The first-order valence-corrected chi connectivity index (χ1v) is 10.1. The molecule has 2 aromatic carbocycles. The molecule has 3 aromatic rings. The van der Waals surface area contributed by atoms with E-state index in [1.54, 1.807) is 24.9 Å². The highest BCUT2D eigenvalue weighted by atomic mass is 32.2. The van der Waals surface area contributed by atoms with Crippen LogP contribution >= 0.6 is 23.1 Å². The first kappa shape index (κ1) is 19.1. The zero-order valence-electron chi connectivity index (χ0n) is 15.0. The van der Waals surface area contributed by atoms with E-state index in [1.165, 1.54) is 23.0 Å². The molecule has 27 heavy (non-hydrogen) atoms. The van der Waals surface area contributed by atoms with Gasteiger partial charge >= 0.3 is 0 Å². The van der Waals surface area contributed by atoms with Gasteiger partial charge in [0.15, 0.2) is 4.34 Å². The van der Waals surface area contributed by atoms with Crippen LogP contribution in [0.2, 0.25) is 0 Å². The average Bonchev–Trinajstić information content (AvgIpc) is 3.13. The third-order valence-electron chi connectivity index (χ3n) is 3.64. The number of anilines is 1. The van der Waals surface area contributed by atoms with Crippen molar-refractivity contribution < 1.29 is 9.53 Å². The maximum atomic E-state index is 12.2. The molecule has 0 aliphatic carbocycles. The standard InChI is InChI=1S/C20H19N3O2S2/c1-14-8-10-17(25-2)16(12-14)9-11-18(24)21-19-22-23-20(27-19)26-13-15-6-4-3-5-7-15/h3-12H,13H2,1-2H3,(H,21,22,24)/b11-9+. The van der Waals surface area contributed by atoms with Crippen molar-refractivity contribution in [1.82, 2.24) is 10.2 Å². The lowest BCUT2D eigenvalue weighted by Gasteiger charge is -2.05. The van der Waals surface area contributed by atoms with E-state index >= 15 is 0 Å². The van der Waals surface area contributed by atoms with Gasteiger partial charge in [0.1, 0.15) is 5.75 Å². The zero-order valence-corrected chi connectivity index (χ0v) is 16.6. The Morgan fingerprint density at radius 3 is 2.81 bits per heavy atom. The molecule has 0 bridgehead atoms. The summed E-state index contributed by atoms with van der Waals surface area (Å²) in [5.74, 6) is 1.28. The number of benzene rings is 2. The number of amides is 1. The molecular formula is C20H19N3O2S2. The van der Waals surface area contributed by atoms with Crippen molar-refractivity contribution in [3.63, 3.8) is 0 Å². The molecule has 1 amide bonds. The van der Waals surface area contributed by atoms with E-state index in [0.29, 0.717) is 5.13 Å². The molecule has 0 unspecified atom stereocenters. The van der Waals surface area contributed by atoms with Crippen LogP contribution in [0, 0.1) is 6.92 Å². The predicted molar refractivity (Wildman–Crippen MR) is 111 cm³/mol. The Hall–Kier alpha value is -2.64. The van der Waals surface area contributed by atoms with Gasteiger partial charge in [0.2, 0.25) is 11.0 Å². The van der Waals surface area contributed by atoms with E-state index in [2.05, 4.69) is 27.6 Å². The number of carbonyl (C=O) groups excluding carboxylic acids is 1. The lowest BCUT2D eigenvalue weighted by atomic mass is 10.1. The molecule has 0 spiro atoms. The fourth-order valence-electron chi connectivity index (χ4n) is 2.33. The van der Waals surface area contributed by atoms with Gasteiger partial charge in [-0.15, -0.1) is 10.2 Å². The van der Waals surface area contributed by atoms with Crippen molar-refractivity contribution in [2.24, 2.45) is 0 Å². The number of nitrogens with one attached hydrogen (secondary N) is 1. The lowest BCUT2D eigenvalue weighted by Crippen LogP contribution is -2.07. The second kappa shape index (κ2) is 9.34. The molecule has 7 heteroatoms. The molecular weight excluding hydrogens is 378 g/mol. The van der Waals surface area contributed by atoms with Crippen LogP contribution < -0.4 is 10.1 Å². The maximum absolute atomic E-state index is 12.2. The van der Waals surface area contributed by atoms with Crippen molar-refractivity contribution in [3.8, 4) is 5.75 Å². The fraction of sp³-hybridized carbons (Fsp3) is 0.150. The first-order chi connectivity index (χ1) is 13.1. The van der Waals surface area contributed by atoms with Gasteiger partial charge in [-0.25, -0.2) is 0 Å². The molecule has 138 valence electrons. The van der Waals surface area contributed by atoms with Gasteiger partial charge in [-0.2, -0.15) is 0 Å². The third kappa shape index (κ3) is 5.67. The Morgan fingerprint density at radius 1 is 1.22 bits per heavy atom. The van der Waals surface area contributed by atoms with Crippen LogP contribution in [0.25, 0.3) is 6.08 Å². The molecule has 1 N–H and O–H groups in total. The SMILES string of the molecule is COc1ccc(C)cc1/C=C/C(=O)Nc1nnc(SCc2ccccc2)s1. The molecule has 0 aliphatic rings. The van der Waals surface area contributed by atoms with Gasteiger partial charge in [0, 0.05) is 17.4 Å². The van der Waals surface area contributed by atoms with Crippen molar-refractivity contribution in [2.75, 3.05) is 12.4 Å². The van der Waals surface area contributed by atoms with E-state index in [1.807, 2.05) is 43.3 Å². The van der Waals surface area contributed by atoms with Crippen molar-refractivity contribution in [3.05, 3.63) is 71.3 Å². The number of ether oxygens (including phenoxy) is 1. The van der Waals surface area contributed by atoms with Gasteiger partial charge in [-0.05, 0) is 30.7 Å².